The molecule has 2 aromatic rings. The molecule has 2 aromatic heterocycles. The van der Waals surface area contributed by atoms with E-state index in [-0.39, 0.29) is 12.8 Å². The molecule has 7 nitrogen and oxygen atoms in total. The van der Waals surface area contributed by atoms with Crippen LogP contribution in [0.2, 0.25) is 0 Å². The number of aliphatic hydroxyl groups excluding tert-OH is 2. The van der Waals surface area contributed by atoms with Crippen LogP contribution in [0.15, 0.2) is 12.5 Å². The molecule has 0 spiro atoms. The summed E-state index contributed by atoms with van der Waals surface area (Å²) in [5, 5.41) is 19.7. The Bertz CT molecular complexity index is 612. The minimum absolute atomic E-state index is 0.201. The molecule has 0 bridgehead atoms. The number of aryl methyl sites for hydroxylation is 1. The first-order chi connectivity index (χ1) is 9.11. The zero-order valence-corrected chi connectivity index (χ0v) is 10.5. The van der Waals surface area contributed by atoms with E-state index in [0.29, 0.717) is 17.9 Å². The van der Waals surface area contributed by atoms with Crippen LogP contribution in [0.25, 0.3) is 11.0 Å². The van der Waals surface area contributed by atoms with E-state index in [1.165, 1.54) is 6.33 Å². The average molecular weight is 264 g/mol. The first kappa shape index (κ1) is 12.3. The largest absolute Gasteiger partial charge is 0.394 e. The van der Waals surface area contributed by atoms with Gasteiger partial charge in [0.05, 0.1) is 18.1 Å². The molecule has 19 heavy (non-hydrogen) atoms. The fourth-order valence-electron chi connectivity index (χ4n) is 2.57. The van der Waals surface area contributed by atoms with Gasteiger partial charge in [-0.3, -0.25) is 0 Å². The Balaban J connectivity index is 2.05. The summed E-state index contributed by atoms with van der Waals surface area (Å²) in [5.74, 6) is 0.429. The van der Waals surface area contributed by atoms with Crippen LogP contribution in [0.1, 0.15) is 18.2 Å². The molecule has 0 amide bonds. The van der Waals surface area contributed by atoms with Crippen LogP contribution >= 0.6 is 0 Å². The van der Waals surface area contributed by atoms with Crippen molar-refractivity contribution in [1.82, 2.24) is 14.5 Å². The van der Waals surface area contributed by atoms with Crippen molar-refractivity contribution in [3.05, 3.63) is 18.1 Å². The van der Waals surface area contributed by atoms with Crippen LogP contribution < -0.4 is 5.73 Å². The first-order valence-corrected chi connectivity index (χ1v) is 6.13. The Morgan fingerprint density at radius 2 is 2.32 bits per heavy atom. The summed E-state index contributed by atoms with van der Waals surface area (Å²) < 4.78 is 7.47. The van der Waals surface area contributed by atoms with Crippen molar-refractivity contribution in [2.24, 2.45) is 0 Å². The minimum atomic E-state index is -0.674. The van der Waals surface area contributed by atoms with Crippen molar-refractivity contribution >= 4 is 16.9 Å². The van der Waals surface area contributed by atoms with Crippen molar-refractivity contribution in [3.8, 4) is 0 Å². The molecule has 3 heterocycles. The van der Waals surface area contributed by atoms with Gasteiger partial charge in [0, 0.05) is 12.6 Å². The molecular weight excluding hydrogens is 248 g/mol. The number of fused-ring (bicyclic) bond motifs is 1. The second-order valence-electron chi connectivity index (χ2n) is 4.79. The van der Waals surface area contributed by atoms with Crippen LogP contribution in [0, 0.1) is 6.92 Å². The van der Waals surface area contributed by atoms with Crippen LogP contribution in [-0.2, 0) is 4.74 Å². The lowest BCUT2D eigenvalue weighted by Gasteiger charge is -2.14. The molecule has 1 aliphatic rings. The number of nitrogens with two attached hydrogens (primary N) is 1. The smallest absolute Gasteiger partial charge is 0.147 e. The molecule has 102 valence electrons. The number of hydrogen-bond donors (Lipinski definition) is 3. The summed E-state index contributed by atoms with van der Waals surface area (Å²) in [6.07, 6.45) is 2.12. The van der Waals surface area contributed by atoms with Crippen LogP contribution in [0.3, 0.4) is 0 Å². The van der Waals surface area contributed by atoms with Gasteiger partial charge in [0.1, 0.15) is 30.1 Å². The number of ether oxygens (including phenoxy) is 1. The lowest BCUT2D eigenvalue weighted by molar-refractivity contribution is -0.0430. The molecule has 1 saturated heterocycles. The summed E-state index contributed by atoms with van der Waals surface area (Å²) >= 11 is 0. The summed E-state index contributed by atoms with van der Waals surface area (Å²) in [7, 11) is 0. The van der Waals surface area contributed by atoms with Crippen LogP contribution in [0.5, 0.6) is 0 Å². The number of nitrogen functional groups attached to an aromatic ring is 1. The molecule has 7 heteroatoms. The monoisotopic (exact) mass is 264 g/mol. The van der Waals surface area contributed by atoms with Crippen LogP contribution in [0.4, 0.5) is 5.82 Å². The number of aromatic nitrogens is 3. The Hall–Kier alpha value is -1.70. The third-order valence-corrected chi connectivity index (χ3v) is 3.52. The van der Waals surface area contributed by atoms with Gasteiger partial charge in [-0.25, -0.2) is 9.97 Å². The Kier molecular flexibility index (Phi) is 2.89. The van der Waals surface area contributed by atoms with Crippen molar-refractivity contribution in [3.63, 3.8) is 0 Å². The Labute approximate surface area is 109 Å². The summed E-state index contributed by atoms with van der Waals surface area (Å²) in [6, 6.07) is 0. The molecule has 1 aliphatic heterocycles. The van der Waals surface area contributed by atoms with Crippen molar-refractivity contribution in [2.45, 2.75) is 31.8 Å². The fraction of sp³-hybridized carbons (Fsp3) is 0.500. The third kappa shape index (κ3) is 1.86. The van der Waals surface area contributed by atoms with Gasteiger partial charge in [-0.05, 0) is 12.5 Å². The minimum Gasteiger partial charge on any atom is -0.394 e. The van der Waals surface area contributed by atoms with Gasteiger partial charge in [0.25, 0.3) is 0 Å². The SMILES string of the molecule is Cc1cn([C@H]2CC(O)[C@@H](CO)O2)c2ncnc(N)c12. The van der Waals surface area contributed by atoms with Crippen molar-refractivity contribution in [1.29, 1.82) is 0 Å². The number of anilines is 1. The summed E-state index contributed by atoms with van der Waals surface area (Å²) in [5.41, 5.74) is 7.49. The zero-order valence-electron chi connectivity index (χ0n) is 10.5. The maximum Gasteiger partial charge on any atom is 0.147 e. The molecule has 3 atom stereocenters. The Morgan fingerprint density at radius 3 is 3.00 bits per heavy atom. The van der Waals surface area contributed by atoms with Crippen LogP contribution in [-0.4, -0.2) is 43.6 Å². The predicted octanol–water partition coefficient (Wildman–Crippen LogP) is -0.0374. The fourth-order valence-corrected chi connectivity index (χ4v) is 2.57. The van der Waals surface area contributed by atoms with E-state index in [9.17, 15) is 5.11 Å². The standard InChI is InChI=1S/C12H16N4O3/c1-6-3-16(9-2-7(18)8(4-17)19-9)12-10(6)11(13)14-5-15-12/h3,5,7-9,17-18H,2,4H2,1H3,(H2,13,14,15)/t7?,8-,9-/m1/s1. The number of aliphatic hydroxyl groups is 2. The lowest BCUT2D eigenvalue weighted by Crippen LogP contribution is -2.24. The number of hydrogen-bond acceptors (Lipinski definition) is 6. The molecule has 0 saturated carbocycles. The zero-order chi connectivity index (χ0) is 13.6. The molecule has 0 radical (unpaired) electrons. The second kappa shape index (κ2) is 4.44. The van der Waals surface area contributed by atoms with Crippen molar-refractivity contribution < 1.29 is 14.9 Å². The molecular formula is C12H16N4O3. The van der Waals surface area contributed by atoms with E-state index < -0.39 is 12.2 Å². The Morgan fingerprint density at radius 1 is 1.53 bits per heavy atom. The first-order valence-electron chi connectivity index (χ1n) is 6.13. The van der Waals surface area contributed by atoms with E-state index in [1.807, 2.05) is 17.7 Å². The average Bonchev–Trinajstić information content (AvgIpc) is 2.91. The lowest BCUT2D eigenvalue weighted by atomic mass is 10.2. The van der Waals surface area contributed by atoms with Gasteiger partial charge in [-0.1, -0.05) is 0 Å². The highest BCUT2D eigenvalue weighted by molar-refractivity contribution is 5.89. The summed E-state index contributed by atoms with van der Waals surface area (Å²) in [6.45, 7) is 1.72. The summed E-state index contributed by atoms with van der Waals surface area (Å²) in [4.78, 5) is 8.21. The van der Waals surface area contributed by atoms with Crippen molar-refractivity contribution in [2.75, 3.05) is 12.3 Å². The molecule has 0 aromatic carbocycles. The highest BCUT2D eigenvalue weighted by Crippen LogP contribution is 2.33. The third-order valence-electron chi connectivity index (χ3n) is 3.52. The van der Waals surface area contributed by atoms with Gasteiger partial charge in [-0.2, -0.15) is 0 Å². The number of rotatable bonds is 2. The van der Waals surface area contributed by atoms with E-state index in [2.05, 4.69) is 9.97 Å². The molecule has 1 fully saturated rings. The molecule has 3 rings (SSSR count). The predicted molar refractivity (Wildman–Crippen MR) is 68.3 cm³/mol. The van der Waals surface area contributed by atoms with Gasteiger partial charge < -0.3 is 25.3 Å². The highest BCUT2D eigenvalue weighted by atomic mass is 16.5. The number of nitrogens with zero attached hydrogens (tertiary/aromatic N) is 3. The topological polar surface area (TPSA) is 106 Å². The van der Waals surface area contributed by atoms with E-state index >= 15 is 0 Å². The van der Waals surface area contributed by atoms with E-state index in [0.717, 1.165) is 10.9 Å². The van der Waals surface area contributed by atoms with E-state index in [1.54, 1.807) is 0 Å². The van der Waals surface area contributed by atoms with Gasteiger partial charge in [0.2, 0.25) is 0 Å². The van der Waals surface area contributed by atoms with E-state index in [4.69, 9.17) is 15.6 Å². The molecule has 4 N–H and O–H groups in total. The highest BCUT2D eigenvalue weighted by Gasteiger charge is 2.35. The molecule has 0 aliphatic carbocycles. The van der Waals surface area contributed by atoms with Gasteiger partial charge >= 0.3 is 0 Å². The normalized spacial score (nSPS) is 27.2. The van der Waals surface area contributed by atoms with Gasteiger partial charge in [-0.15, -0.1) is 0 Å². The maximum atomic E-state index is 9.80. The quantitative estimate of drug-likeness (QED) is 0.703. The molecule has 1 unspecified atom stereocenters. The maximum absolute atomic E-state index is 9.80. The van der Waals surface area contributed by atoms with Gasteiger partial charge in [0.15, 0.2) is 0 Å². The second-order valence-corrected chi connectivity index (χ2v) is 4.79.